The molecule has 0 radical (unpaired) electrons. The molecule has 2 fully saturated rings. The Morgan fingerprint density at radius 3 is 2.21 bits per heavy atom. The SMILES string of the molecule is CC(C)(C)OC(=O)N1CCC[C@H]1C(=O)Nc1ccc(-c2ncc(-c3ccc4nc([C@@H]5CCCN5C(=O)OC(C)(C)C)[nH]c4c3)o2)cc1. The molecule has 2 aromatic carbocycles. The fraction of sp³-hybridized carbons (Fsp3) is 0.457. The van der Waals surface area contributed by atoms with Gasteiger partial charge in [-0.3, -0.25) is 14.6 Å². The number of nitrogens with one attached hydrogen (secondary N) is 2. The number of oxazole rings is 1. The molecule has 2 N–H and O–H groups in total. The summed E-state index contributed by atoms with van der Waals surface area (Å²) in [7, 11) is 0. The molecule has 2 atom stereocenters. The van der Waals surface area contributed by atoms with Crippen molar-refractivity contribution in [1.29, 1.82) is 0 Å². The lowest BCUT2D eigenvalue weighted by atomic mass is 10.1. The Hall–Kier alpha value is -4.87. The number of carbonyl (C=O) groups excluding carboxylic acids is 3. The highest BCUT2D eigenvalue weighted by Gasteiger charge is 2.37. The number of likely N-dealkylation sites (tertiary alicyclic amines) is 2. The van der Waals surface area contributed by atoms with Crippen molar-refractivity contribution in [2.75, 3.05) is 18.4 Å². The van der Waals surface area contributed by atoms with Crippen LogP contribution in [0, 0.1) is 0 Å². The number of carbonyl (C=O) groups is 3. The van der Waals surface area contributed by atoms with Gasteiger partial charge in [0.1, 0.15) is 23.1 Å². The molecule has 12 nitrogen and oxygen atoms in total. The molecule has 47 heavy (non-hydrogen) atoms. The van der Waals surface area contributed by atoms with Crippen molar-refractivity contribution in [3.8, 4) is 22.8 Å². The van der Waals surface area contributed by atoms with E-state index in [9.17, 15) is 14.4 Å². The Morgan fingerprint density at radius 1 is 0.872 bits per heavy atom. The monoisotopic (exact) mass is 642 g/mol. The highest BCUT2D eigenvalue weighted by Crippen LogP contribution is 2.34. The minimum atomic E-state index is -0.631. The number of aromatic nitrogens is 3. The van der Waals surface area contributed by atoms with Crippen LogP contribution in [0.4, 0.5) is 15.3 Å². The number of anilines is 1. The van der Waals surface area contributed by atoms with E-state index >= 15 is 0 Å². The van der Waals surface area contributed by atoms with E-state index in [2.05, 4.69) is 15.3 Å². The number of benzene rings is 2. The summed E-state index contributed by atoms with van der Waals surface area (Å²) >= 11 is 0. The molecule has 4 aromatic rings. The highest BCUT2D eigenvalue weighted by atomic mass is 16.6. The Kier molecular flexibility index (Phi) is 8.46. The van der Waals surface area contributed by atoms with E-state index in [1.807, 2.05) is 71.9 Å². The van der Waals surface area contributed by atoms with Crippen molar-refractivity contribution in [2.24, 2.45) is 0 Å². The van der Waals surface area contributed by atoms with Gasteiger partial charge in [-0.1, -0.05) is 0 Å². The maximum Gasteiger partial charge on any atom is 0.410 e. The van der Waals surface area contributed by atoms with Gasteiger partial charge in [0, 0.05) is 29.9 Å². The standard InChI is InChI=1S/C35H42N6O6/c1-34(2,3)46-32(43)40-17-7-9-26(40)29-38-24-16-13-22(19-25(24)39-29)28-20-36-31(45-28)21-11-14-23(15-12-21)37-30(42)27-10-8-18-41(27)33(44)47-35(4,5)6/h11-16,19-20,26-27H,7-10,17-18H2,1-6H3,(H,37,42)(H,38,39)/t26-,27-/m0/s1. The van der Waals surface area contributed by atoms with Crippen molar-refractivity contribution in [2.45, 2.75) is 90.5 Å². The highest BCUT2D eigenvalue weighted by molar-refractivity contribution is 5.97. The summed E-state index contributed by atoms with van der Waals surface area (Å²) in [5, 5.41) is 2.92. The van der Waals surface area contributed by atoms with Gasteiger partial charge in [-0.25, -0.2) is 19.6 Å². The van der Waals surface area contributed by atoms with Gasteiger partial charge in [0.25, 0.3) is 0 Å². The first kappa shape index (κ1) is 32.1. The lowest BCUT2D eigenvalue weighted by molar-refractivity contribution is -0.120. The van der Waals surface area contributed by atoms with Gasteiger partial charge in [0.05, 0.1) is 23.3 Å². The van der Waals surface area contributed by atoms with Gasteiger partial charge in [0.15, 0.2) is 5.76 Å². The number of hydrogen-bond acceptors (Lipinski definition) is 8. The summed E-state index contributed by atoms with van der Waals surface area (Å²) < 4.78 is 17.2. The predicted octanol–water partition coefficient (Wildman–Crippen LogP) is 7.29. The fourth-order valence-electron chi connectivity index (χ4n) is 5.97. The molecule has 0 saturated carbocycles. The number of H-pyrrole nitrogens is 1. The zero-order chi connectivity index (χ0) is 33.5. The van der Waals surface area contributed by atoms with Crippen LogP contribution in [-0.2, 0) is 14.3 Å². The van der Waals surface area contributed by atoms with Gasteiger partial charge in [-0.2, -0.15) is 0 Å². The first-order valence-electron chi connectivity index (χ1n) is 16.1. The number of imidazole rings is 1. The number of amides is 3. The van der Waals surface area contributed by atoms with Crippen molar-refractivity contribution >= 4 is 34.8 Å². The van der Waals surface area contributed by atoms with Crippen molar-refractivity contribution in [1.82, 2.24) is 24.8 Å². The van der Waals surface area contributed by atoms with E-state index in [-0.39, 0.29) is 18.0 Å². The lowest BCUT2D eigenvalue weighted by Crippen LogP contribution is -2.45. The van der Waals surface area contributed by atoms with Crippen LogP contribution < -0.4 is 5.32 Å². The number of fused-ring (bicyclic) bond motifs is 1. The quantitative estimate of drug-likeness (QED) is 0.231. The zero-order valence-corrected chi connectivity index (χ0v) is 27.8. The molecule has 4 heterocycles. The topological polar surface area (TPSA) is 143 Å². The number of rotatable bonds is 5. The number of ether oxygens (including phenoxy) is 2. The molecule has 248 valence electrons. The molecular formula is C35H42N6O6. The van der Waals surface area contributed by atoms with Crippen LogP contribution in [0.25, 0.3) is 33.8 Å². The molecule has 0 aliphatic carbocycles. The Bertz CT molecular complexity index is 1780. The van der Waals surface area contributed by atoms with E-state index in [1.165, 1.54) is 4.90 Å². The van der Waals surface area contributed by atoms with Gasteiger partial charge in [0.2, 0.25) is 11.8 Å². The average Bonchev–Trinajstić information content (AvgIpc) is 3.81. The number of aromatic amines is 1. The largest absolute Gasteiger partial charge is 0.444 e. The molecule has 2 aliphatic rings. The first-order valence-corrected chi connectivity index (χ1v) is 16.1. The lowest BCUT2D eigenvalue weighted by Gasteiger charge is -2.28. The zero-order valence-electron chi connectivity index (χ0n) is 27.8. The third kappa shape index (κ3) is 7.26. The van der Waals surface area contributed by atoms with Gasteiger partial charge < -0.3 is 24.2 Å². The van der Waals surface area contributed by atoms with Crippen LogP contribution in [0.2, 0.25) is 0 Å². The van der Waals surface area contributed by atoms with Crippen LogP contribution >= 0.6 is 0 Å². The van der Waals surface area contributed by atoms with Crippen LogP contribution in [0.1, 0.15) is 79.1 Å². The third-order valence-corrected chi connectivity index (χ3v) is 8.07. The Balaban J connectivity index is 1.12. The van der Waals surface area contributed by atoms with Crippen molar-refractivity contribution < 1.29 is 28.3 Å². The third-order valence-electron chi connectivity index (χ3n) is 8.07. The van der Waals surface area contributed by atoms with Crippen LogP contribution in [-0.4, -0.2) is 73.2 Å². The van der Waals surface area contributed by atoms with E-state index in [0.29, 0.717) is 36.8 Å². The molecule has 0 unspecified atom stereocenters. The van der Waals surface area contributed by atoms with Crippen LogP contribution in [0.15, 0.2) is 53.1 Å². The molecular weight excluding hydrogens is 600 g/mol. The van der Waals surface area contributed by atoms with Crippen molar-refractivity contribution in [3.05, 3.63) is 54.5 Å². The summed E-state index contributed by atoms with van der Waals surface area (Å²) in [5.74, 6) is 1.52. The Morgan fingerprint density at radius 2 is 1.51 bits per heavy atom. The minimum Gasteiger partial charge on any atom is -0.444 e. The molecule has 2 saturated heterocycles. The molecule has 6 rings (SSSR count). The first-order chi connectivity index (χ1) is 22.2. The predicted molar refractivity (Wildman–Crippen MR) is 177 cm³/mol. The average molecular weight is 643 g/mol. The van der Waals surface area contributed by atoms with E-state index in [4.69, 9.17) is 18.9 Å². The smallest absolute Gasteiger partial charge is 0.410 e. The van der Waals surface area contributed by atoms with Gasteiger partial charge in [-0.05, 0) is 110 Å². The van der Waals surface area contributed by atoms with Gasteiger partial charge >= 0.3 is 12.2 Å². The minimum absolute atomic E-state index is 0.174. The maximum absolute atomic E-state index is 13.1. The normalized spacial score (nSPS) is 18.5. The molecule has 12 heteroatoms. The summed E-state index contributed by atoms with van der Waals surface area (Å²) in [6.45, 7) is 12.1. The molecule has 0 spiro atoms. The van der Waals surface area contributed by atoms with Crippen molar-refractivity contribution in [3.63, 3.8) is 0 Å². The summed E-state index contributed by atoms with van der Waals surface area (Å²) in [6, 6.07) is 12.3. The molecule has 2 aliphatic heterocycles. The second-order valence-electron chi connectivity index (χ2n) is 14.1. The van der Waals surface area contributed by atoms with Crippen LogP contribution in [0.5, 0.6) is 0 Å². The Labute approximate surface area is 273 Å². The van der Waals surface area contributed by atoms with E-state index < -0.39 is 23.3 Å². The van der Waals surface area contributed by atoms with E-state index in [1.54, 1.807) is 23.2 Å². The molecule has 2 aromatic heterocycles. The summed E-state index contributed by atoms with van der Waals surface area (Å²) in [6.07, 6.45) is 3.89. The number of hydrogen-bond donors (Lipinski definition) is 2. The summed E-state index contributed by atoms with van der Waals surface area (Å²) in [5.41, 5.74) is 2.62. The number of nitrogens with zero attached hydrogens (tertiary/aromatic N) is 4. The maximum atomic E-state index is 13.1. The second-order valence-corrected chi connectivity index (χ2v) is 14.1. The van der Waals surface area contributed by atoms with E-state index in [0.717, 1.165) is 47.2 Å². The molecule has 0 bridgehead atoms. The molecule has 3 amide bonds. The second kappa shape index (κ2) is 12.4. The summed E-state index contributed by atoms with van der Waals surface area (Å²) in [4.78, 5) is 54.4. The van der Waals surface area contributed by atoms with Gasteiger partial charge in [-0.15, -0.1) is 0 Å². The van der Waals surface area contributed by atoms with Crippen LogP contribution in [0.3, 0.4) is 0 Å². The fourth-order valence-corrected chi connectivity index (χ4v) is 5.97.